The summed E-state index contributed by atoms with van der Waals surface area (Å²) in [5, 5.41) is 10.1. The maximum absolute atomic E-state index is 12.7. The molecule has 0 atom stereocenters. The molecule has 116 valence electrons. The molecule has 2 aromatic heterocycles. The van der Waals surface area contributed by atoms with Crippen LogP contribution in [0.4, 0.5) is 27.8 Å². The first-order chi connectivity index (χ1) is 9.82. The van der Waals surface area contributed by atoms with E-state index in [2.05, 4.69) is 15.3 Å². The van der Waals surface area contributed by atoms with Crippen molar-refractivity contribution in [1.29, 1.82) is 0 Å². The van der Waals surface area contributed by atoms with E-state index in [4.69, 9.17) is 0 Å². The average molecular weight is 309 g/mol. The molecule has 0 N–H and O–H groups in total. The number of fused-ring (bicyclic) bond motifs is 1. The highest BCUT2D eigenvalue weighted by Crippen LogP contribution is 2.28. The van der Waals surface area contributed by atoms with E-state index >= 15 is 0 Å². The Bertz CT molecular complexity index is 609. The Labute approximate surface area is 116 Å². The monoisotopic (exact) mass is 309 g/mol. The van der Waals surface area contributed by atoms with Gasteiger partial charge in [-0.1, -0.05) is 6.92 Å². The predicted octanol–water partition coefficient (Wildman–Crippen LogP) is 2.62. The largest absolute Gasteiger partial charge is 0.453 e. The van der Waals surface area contributed by atoms with E-state index in [1.54, 1.807) is 6.92 Å². The highest BCUT2D eigenvalue weighted by molar-refractivity contribution is 5.46. The maximum Gasteiger partial charge on any atom is 0.453 e. The van der Waals surface area contributed by atoms with Gasteiger partial charge in [0.15, 0.2) is 5.65 Å². The molecule has 10 heteroatoms. The third kappa shape index (κ3) is 3.37. The van der Waals surface area contributed by atoms with Gasteiger partial charge in [-0.3, -0.25) is 0 Å². The van der Waals surface area contributed by atoms with E-state index in [0.29, 0.717) is 10.9 Å². The van der Waals surface area contributed by atoms with Gasteiger partial charge in [-0.15, -0.1) is 15.3 Å². The second kappa shape index (κ2) is 5.78. The molecule has 0 fully saturated rings. The smallest absolute Gasteiger partial charge is 0.349 e. The van der Waals surface area contributed by atoms with Crippen LogP contribution in [0.15, 0.2) is 12.1 Å². The van der Waals surface area contributed by atoms with E-state index in [1.807, 2.05) is 0 Å². The minimum absolute atomic E-state index is 0.0231. The van der Waals surface area contributed by atoms with Crippen LogP contribution in [0.5, 0.6) is 0 Å². The molecular weight excluding hydrogens is 297 g/mol. The van der Waals surface area contributed by atoms with Gasteiger partial charge in [0.05, 0.1) is 6.54 Å². The van der Waals surface area contributed by atoms with Gasteiger partial charge in [-0.25, -0.2) is 8.78 Å². The van der Waals surface area contributed by atoms with Crippen LogP contribution in [0.25, 0.3) is 5.65 Å². The molecule has 0 aliphatic rings. The number of halogens is 5. The summed E-state index contributed by atoms with van der Waals surface area (Å²) in [5.74, 6) is -1.26. The summed E-state index contributed by atoms with van der Waals surface area (Å²) in [6.45, 7) is 1.43. The second-order valence-corrected chi connectivity index (χ2v) is 4.32. The summed E-state index contributed by atoms with van der Waals surface area (Å²) >= 11 is 0. The fourth-order valence-electron chi connectivity index (χ4n) is 1.86. The Hall–Kier alpha value is -2.00. The number of alkyl halides is 5. The summed E-state index contributed by atoms with van der Waals surface area (Å²) < 4.78 is 63.8. The quantitative estimate of drug-likeness (QED) is 0.797. The SMILES string of the molecule is CCCN(CC(F)F)c1ccc2nnc(C(F)(F)F)n2n1. The van der Waals surface area contributed by atoms with Crippen molar-refractivity contribution in [3.05, 3.63) is 18.0 Å². The van der Waals surface area contributed by atoms with Crippen molar-refractivity contribution in [3.63, 3.8) is 0 Å². The van der Waals surface area contributed by atoms with Gasteiger partial charge in [0, 0.05) is 6.54 Å². The topological polar surface area (TPSA) is 46.3 Å². The lowest BCUT2D eigenvalue weighted by atomic mass is 10.3. The summed E-state index contributed by atoms with van der Waals surface area (Å²) in [6, 6.07) is 2.61. The van der Waals surface area contributed by atoms with E-state index in [0.717, 1.165) is 0 Å². The fourth-order valence-corrected chi connectivity index (χ4v) is 1.86. The number of anilines is 1. The van der Waals surface area contributed by atoms with Crippen LogP contribution < -0.4 is 4.90 Å². The van der Waals surface area contributed by atoms with Crippen molar-refractivity contribution >= 4 is 11.5 Å². The van der Waals surface area contributed by atoms with Crippen LogP contribution in [0.1, 0.15) is 19.2 Å². The fraction of sp³-hybridized carbons (Fsp3) is 0.545. The molecule has 5 nitrogen and oxygen atoms in total. The Kier molecular flexibility index (Phi) is 4.24. The standard InChI is InChI=1S/C11H12F5N5/c1-2-5-20(6-7(12)13)9-4-3-8-17-18-10(11(14,15)16)21(8)19-9/h3-4,7H,2,5-6H2,1H3. The first kappa shape index (κ1) is 15.4. The van der Waals surface area contributed by atoms with Crippen LogP contribution in [0.2, 0.25) is 0 Å². The first-order valence-corrected chi connectivity index (χ1v) is 6.15. The molecule has 2 rings (SSSR count). The lowest BCUT2D eigenvalue weighted by molar-refractivity contribution is -0.146. The average Bonchev–Trinajstić information content (AvgIpc) is 2.80. The molecule has 2 heterocycles. The molecule has 0 spiro atoms. The Balaban J connectivity index is 2.44. The number of aromatic nitrogens is 4. The third-order valence-electron chi connectivity index (χ3n) is 2.68. The van der Waals surface area contributed by atoms with E-state index in [9.17, 15) is 22.0 Å². The van der Waals surface area contributed by atoms with Crippen LogP contribution in [0, 0.1) is 0 Å². The van der Waals surface area contributed by atoms with Crippen molar-refractivity contribution in [2.45, 2.75) is 25.9 Å². The van der Waals surface area contributed by atoms with E-state index in [1.165, 1.54) is 17.0 Å². The third-order valence-corrected chi connectivity index (χ3v) is 2.68. The normalized spacial score (nSPS) is 12.3. The zero-order chi connectivity index (χ0) is 15.6. The molecule has 0 aromatic carbocycles. The van der Waals surface area contributed by atoms with Crippen molar-refractivity contribution in [1.82, 2.24) is 19.8 Å². The molecule has 0 radical (unpaired) electrons. The Morgan fingerprint density at radius 1 is 1.24 bits per heavy atom. The molecule has 0 amide bonds. The van der Waals surface area contributed by atoms with E-state index < -0.39 is 25.0 Å². The molecule has 0 bridgehead atoms. The number of nitrogens with zero attached hydrogens (tertiary/aromatic N) is 5. The molecule has 0 saturated heterocycles. The lowest BCUT2D eigenvalue weighted by Crippen LogP contribution is -2.31. The van der Waals surface area contributed by atoms with Crippen LogP contribution in [-0.2, 0) is 6.18 Å². The summed E-state index contributed by atoms with van der Waals surface area (Å²) in [4.78, 5) is 1.23. The number of hydrogen-bond acceptors (Lipinski definition) is 4. The summed E-state index contributed by atoms with van der Waals surface area (Å²) in [6.07, 6.45) is -6.78. The first-order valence-electron chi connectivity index (χ1n) is 6.15. The van der Waals surface area contributed by atoms with Crippen molar-refractivity contribution in [2.75, 3.05) is 18.0 Å². The van der Waals surface area contributed by atoms with Crippen LogP contribution in [-0.4, -0.2) is 39.3 Å². The van der Waals surface area contributed by atoms with Gasteiger partial charge in [0.1, 0.15) is 5.82 Å². The van der Waals surface area contributed by atoms with E-state index in [-0.39, 0.29) is 18.0 Å². The highest BCUT2D eigenvalue weighted by Gasteiger charge is 2.37. The zero-order valence-corrected chi connectivity index (χ0v) is 11.0. The highest BCUT2D eigenvalue weighted by atomic mass is 19.4. The minimum atomic E-state index is -4.72. The lowest BCUT2D eigenvalue weighted by Gasteiger charge is -2.22. The zero-order valence-electron chi connectivity index (χ0n) is 11.0. The molecule has 0 unspecified atom stereocenters. The Morgan fingerprint density at radius 2 is 1.95 bits per heavy atom. The molecule has 21 heavy (non-hydrogen) atoms. The molecule has 0 saturated carbocycles. The van der Waals surface area contributed by atoms with Gasteiger partial charge in [0.25, 0.3) is 12.2 Å². The van der Waals surface area contributed by atoms with Crippen molar-refractivity contribution < 1.29 is 22.0 Å². The van der Waals surface area contributed by atoms with Gasteiger partial charge >= 0.3 is 6.18 Å². The Morgan fingerprint density at radius 3 is 2.52 bits per heavy atom. The summed E-state index contributed by atoms with van der Waals surface area (Å²) in [7, 11) is 0. The number of hydrogen-bond donors (Lipinski definition) is 0. The van der Waals surface area contributed by atoms with Crippen LogP contribution in [0.3, 0.4) is 0 Å². The van der Waals surface area contributed by atoms with Crippen LogP contribution >= 0.6 is 0 Å². The summed E-state index contributed by atoms with van der Waals surface area (Å²) in [5.41, 5.74) is -0.0976. The minimum Gasteiger partial charge on any atom is -0.349 e. The van der Waals surface area contributed by atoms with Crippen molar-refractivity contribution in [3.8, 4) is 0 Å². The van der Waals surface area contributed by atoms with Crippen molar-refractivity contribution in [2.24, 2.45) is 0 Å². The molecule has 2 aromatic rings. The molecule has 0 aliphatic heterocycles. The maximum atomic E-state index is 12.7. The second-order valence-electron chi connectivity index (χ2n) is 4.32. The molecule has 0 aliphatic carbocycles. The molecular formula is C11H12F5N5. The predicted molar refractivity (Wildman–Crippen MR) is 64.3 cm³/mol. The van der Waals surface area contributed by atoms with Gasteiger partial charge in [0.2, 0.25) is 0 Å². The number of rotatable bonds is 5. The van der Waals surface area contributed by atoms with Gasteiger partial charge in [-0.05, 0) is 18.6 Å². The van der Waals surface area contributed by atoms with Gasteiger partial charge < -0.3 is 4.90 Å². The van der Waals surface area contributed by atoms with Gasteiger partial charge in [-0.2, -0.15) is 17.7 Å².